The van der Waals surface area contributed by atoms with Gasteiger partial charge in [0.15, 0.2) is 0 Å². The van der Waals surface area contributed by atoms with Crippen LogP contribution in [0.5, 0.6) is 0 Å². The fourth-order valence-electron chi connectivity index (χ4n) is 2.21. The van der Waals surface area contributed by atoms with E-state index in [-0.39, 0.29) is 11.4 Å². The number of ether oxygens (including phenoxy) is 1. The topological polar surface area (TPSA) is 90.1 Å². The minimum absolute atomic E-state index is 0.0546. The Hall–Kier alpha value is -1.69. The van der Waals surface area contributed by atoms with Crippen LogP contribution >= 0.6 is 0 Å². The van der Waals surface area contributed by atoms with Gasteiger partial charge in [-0.25, -0.2) is 14.8 Å². The minimum Gasteiger partial charge on any atom is -0.463 e. The van der Waals surface area contributed by atoms with Crippen molar-refractivity contribution in [3.05, 3.63) is 17.6 Å². The zero-order valence-electron chi connectivity index (χ0n) is 12.9. The molecule has 1 aromatic rings. The van der Waals surface area contributed by atoms with E-state index < -0.39 is 5.97 Å². The highest BCUT2D eigenvalue weighted by atomic mass is 16.5. The smallest absolute Gasteiger partial charge is 0.376 e. The molecule has 20 heavy (non-hydrogen) atoms. The van der Waals surface area contributed by atoms with Crippen LogP contribution in [0.3, 0.4) is 0 Å². The second-order valence-corrected chi connectivity index (χ2v) is 5.70. The summed E-state index contributed by atoms with van der Waals surface area (Å²) >= 11 is 0. The molecule has 112 valence electrons. The molecule has 1 aromatic heterocycles. The normalized spacial score (nSPS) is 13.9. The third kappa shape index (κ3) is 4.45. The Bertz CT molecular complexity index is 476. The van der Waals surface area contributed by atoms with Gasteiger partial charge in [0.2, 0.25) is 5.82 Å². The number of nitrogens with zero attached hydrogens (tertiary/aromatic N) is 2. The minimum atomic E-state index is -0.546. The summed E-state index contributed by atoms with van der Waals surface area (Å²) in [5.41, 5.74) is 6.29. The van der Waals surface area contributed by atoms with Crippen LogP contribution in [-0.4, -0.2) is 35.1 Å². The zero-order valence-corrected chi connectivity index (χ0v) is 12.9. The summed E-state index contributed by atoms with van der Waals surface area (Å²) in [4.78, 5) is 19.8. The lowest BCUT2D eigenvalue weighted by molar-refractivity contribution is 0.0586. The maximum Gasteiger partial charge on any atom is 0.376 e. The third-order valence-corrected chi connectivity index (χ3v) is 2.96. The van der Waals surface area contributed by atoms with Crippen molar-refractivity contribution in [3.8, 4) is 0 Å². The number of aryl methyl sites for hydroxylation is 1. The second-order valence-electron chi connectivity index (χ2n) is 5.70. The van der Waals surface area contributed by atoms with E-state index in [0.29, 0.717) is 24.0 Å². The standard InChI is InChI=1S/C14H24N4O2/c1-9(2)7-14(4,8-15)18-11-6-10(3)16-12(17-11)13(19)20-5/h6,9H,7-8,15H2,1-5H3,(H,16,17,18). The van der Waals surface area contributed by atoms with Gasteiger partial charge in [0, 0.05) is 23.8 Å². The Morgan fingerprint density at radius 1 is 1.50 bits per heavy atom. The largest absolute Gasteiger partial charge is 0.463 e. The van der Waals surface area contributed by atoms with E-state index in [1.165, 1.54) is 7.11 Å². The molecular weight excluding hydrogens is 256 g/mol. The highest BCUT2D eigenvalue weighted by Gasteiger charge is 2.24. The Morgan fingerprint density at radius 3 is 2.65 bits per heavy atom. The molecule has 3 N–H and O–H groups in total. The predicted molar refractivity (Wildman–Crippen MR) is 78.6 cm³/mol. The van der Waals surface area contributed by atoms with Crippen molar-refractivity contribution in [2.24, 2.45) is 11.7 Å². The number of hydrogen-bond acceptors (Lipinski definition) is 6. The van der Waals surface area contributed by atoms with Gasteiger partial charge in [-0.05, 0) is 26.2 Å². The average Bonchev–Trinajstić information content (AvgIpc) is 2.36. The summed E-state index contributed by atoms with van der Waals surface area (Å²) in [6, 6.07) is 1.79. The van der Waals surface area contributed by atoms with Gasteiger partial charge in [-0.1, -0.05) is 13.8 Å². The predicted octanol–water partition coefficient (Wildman–Crippen LogP) is 1.75. The summed E-state index contributed by atoms with van der Waals surface area (Å²) in [6.07, 6.45) is 0.903. The highest BCUT2D eigenvalue weighted by molar-refractivity contribution is 5.85. The number of anilines is 1. The fourth-order valence-corrected chi connectivity index (χ4v) is 2.21. The molecule has 0 aromatic carbocycles. The molecule has 1 heterocycles. The molecule has 0 aliphatic heterocycles. The molecule has 6 nitrogen and oxygen atoms in total. The average molecular weight is 280 g/mol. The van der Waals surface area contributed by atoms with E-state index in [2.05, 4.69) is 33.9 Å². The number of esters is 1. The van der Waals surface area contributed by atoms with Crippen LogP contribution in [0.4, 0.5) is 5.82 Å². The van der Waals surface area contributed by atoms with Gasteiger partial charge >= 0.3 is 5.97 Å². The van der Waals surface area contributed by atoms with Crippen LogP contribution in [0.1, 0.15) is 43.5 Å². The van der Waals surface area contributed by atoms with E-state index >= 15 is 0 Å². The molecule has 0 saturated carbocycles. The van der Waals surface area contributed by atoms with Gasteiger partial charge in [-0.3, -0.25) is 0 Å². The number of aromatic nitrogens is 2. The molecule has 0 spiro atoms. The molecule has 1 rings (SSSR count). The number of carbonyl (C=O) groups excluding carboxylic acids is 1. The van der Waals surface area contributed by atoms with E-state index in [1.807, 2.05) is 13.8 Å². The van der Waals surface area contributed by atoms with Crippen molar-refractivity contribution in [1.82, 2.24) is 9.97 Å². The summed E-state index contributed by atoms with van der Waals surface area (Å²) < 4.78 is 4.65. The molecule has 6 heteroatoms. The van der Waals surface area contributed by atoms with Crippen LogP contribution in [-0.2, 0) is 4.74 Å². The molecule has 0 aliphatic rings. The molecule has 0 aliphatic carbocycles. The zero-order chi connectivity index (χ0) is 15.3. The highest BCUT2D eigenvalue weighted by Crippen LogP contribution is 2.21. The lowest BCUT2D eigenvalue weighted by Crippen LogP contribution is -2.44. The molecule has 0 saturated heterocycles. The number of nitrogens with one attached hydrogen (secondary N) is 1. The third-order valence-electron chi connectivity index (χ3n) is 2.96. The molecular formula is C14H24N4O2. The Kier molecular flexibility index (Phi) is 5.44. The molecule has 1 unspecified atom stereocenters. The van der Waals surface area contributed by atoms with E-state index in [1.54, 1.807) is 6.07 Å². The molecule has 1 atom stereocenters. The van der Waals surface area contributed by atoms with Crippen molar-refractivity contribution in [2.75, 3.05) is 19.0 Å². The summed E-state index contributed by atoms with van der Waals surface area (Å²) in [5.74, 6) is 0.597. The van der Waals surface area contributed by atoms with E-state index in [0.717, 1.165) is 6.42 Å². The Labute approximate surface area is 120 Å². The number of hydrogen-bond donors (Lipinski definition) is 2. The van der Waals surface area contributed by atoms with Crippen LogP contribution < -0.4 is 11.1 Å². The van der Waals surface area contributed by atoms with Gasteiger partial charge in [-0.15, -0.1) is 0 Å². The SMILES string of the molecule is COC(=O)c1nc(C)cc(NC(C)(CN)CC(C)C)n1. The molecule has 0 fully saturated rings. The van der Waals surface area contributed by atoms with Crippen molar-refractivity contribution in [2.45, 2.75) is 39.7 Å². The first kappa shape index (κ1) is 16.4. The summed E-state index contributed by atoms with van der Waals surface area (Å²) in [6.45, 7) is 8.60. The van der Waals surface area contributed by atoms with Crippen molar-refractivity contribution >= 4 is 11.8 Å². The second kappa shape index (κ2) is 6.65. The Balaban J connectivity index is 3.01. The van der Waals surface area contributed by atoms with Crippen LogP contribution in [0.25, 0.3) is 0 Å². The quantitative estimate of drug-likeness (QED) is 0.771. The van der Waals surface area contributed by atoms with Gasteiger partial charge in [0.05, 0.1) is 7.11 Å². The number of carbonyl (C=O) groups is 1. The Morgan fingerprint density at radius 2 is 2.15 bits per heavy atom. The van der Waals surface area contributed by atoms with Crippen LogP contribution in [0.2, 0.25) is 0 Å². The fraction of sp³-hybridized carbons (Fsp3) is 0.643. The summed E-state index contributed by atoms with van der Waals surface area (Å²) in [5, 5.41) is 3.31. The van der Waals surface area contributed by atoms with Crippen molar-refractivity contribution < 1.29 is 9.53 Å². The molecule has 0 amide bonds. The monoisotopic (exact) mass is 280 g/mol. The number of methoxy groups -OCH3 is 1. The maximum atomic E-state index is 11.5. The summed E-state index contributed by atoms with van der Waals surface area (Å²) in [7, 11) is 1.31. The molecule has 0 bridgehead atoms. The van der Waals surface area contributed by atoms with Crippen LogP contribution in [0.15, 0.2) is 6.07 Å². The number of rotatable bonds is 6. The lowest BCUT2D eigenvalue weighted by Gasteiger charge is -2.31. The van der Waals surface area contributed by atoms with Gasteiger partial charge in [-0.2, -0.15) is 0 Å². The lowest BCUT2D eigenvalue weighted by atomic mass is 9.91. The van der Waals surface area contributed by atoms with Crippen molar-refractivity contribution in [3.63, 3.8) is 0 Å². The van der Waals surface area contributed by atoms with Gasteiger partial charge in [0.1, 0.15) is 5.82 Å². The first-order chi connectivity index (χ1) is 9.29. The van der Waals surface area contributed by atoms with E-state index in [4.69, 9.17) is 5.73 Å². The van der Waals surface area contributed by atoms with Crippen LogP contribution in [0, 0.1) is 12.8 Å². The van der Waals surface area contributed by atoms with E-state index in [9.17, 15) is 4.79 Å². The maximum absolute atomic E-state index is 11.5. The first-order valence-corrected chi connectivity index (χ1v) is 6.72. The van der Waals surface area contributed by atoms with Crippen molar-refractivity contribution in [1.29, 1.82) is 0 Å². The van der Waals surface area contributed by atoms with Gasteiger partial charge < -0.3 is 15.8 Å². The number of nitrogens with two attached hydrogens (primary N) is 1. The van der Waals surface area contributed by atoms with Gasteiger partial charge in [0.25, 0.3) is 0 Å². The first-order valence-electron chi connectivity index (χ1n) is 6.72. The molecule has 0 radical (unpaired) electrons.